The summed E-state index contributed by atoms with van der Waals surface area (Å²) < 4.78 is 7.48. The fourth-order valence-corrected chi connectivity index (χ4v) is 3.66. The molecule has 0 saturated heterocycles. The lowest BCUT2D eigenvalue weighted by molar-refractivity contribution is -0.113. The number of carbonyl (C=O) groups excluding carboxylic acids is 1. The Hall–Kier alpha value is -2.22. The number of thioether (sulfide) groups is 1. The SMILES string of the molecule is Cc1ccc(NC(=O)CSc2nnc(COc3cc(Cl)ccc3Cl)n2C)c(C)c1. The third-order valence-electron chi connectivity index (χ3n) is 4.16. The monoisotopic (exact) mass is 450 g/mol. The molecule has 0 fully saturated rings. The van der Waals surface area contributed by atoms with Gasteiger partial charge < -0.3 is 14.6 Å². The number of amides is 1. The summed E-state index contributed by atoms with van der Waals surface area (Å²) in [4.78, 5) is 12.3. The highest BCUT2D eigenvalue weighted by Crippen LogP contribution is 2.28. The summed E-state index contributed by atoms with van der Waals surface area (Å²) in [6.45, 7) is 4.17. The first-order valence-electron chi connectivity index (χ1n) is 8.79. The van der Waals surface area contributed by atoms with Gasteiger partial charge in [-0.3, -0.25) is 4.79 Å². The minimum Gasteiger partial charge on any atom is -0.484 e. The van der Waals surface area contributed by atoms with Crippen LogP contribution in [0.25, 0.3) is 0 Å². The molecule has 3 aromatic rings. The predicted octanol–water partition coefficient (Wildman–Crippen LogP) is 5.05. The summed E-state index contributed by atoms with van der Waals surface area (Å²) >= 11 is 13.4. The number of nitrogens with zero attached hydrogens (tertiary/aromatic N) is 3. The van der Waals surface area contributed by atoms with E-state index in [0.717, 1.165) is 16.8 Å². The summed E-state index contributed by atoms with van der Waals surface area (Å²) in [5, 5.41) is 12.8. The Labute approximate surface area is 183 Å². The quantitative estimate of drug-likeness (QED) is 0.510. The number of aryl methyl sites for hydroxylation is 2. The molecule has 1 aromatic heterocycles. The van der Waals surface area contributed by atoms with Crippen LogP contribution in [0.5, 0.6) is 5.75 Å². The predicted molar refractivity (Wildman–Crippen MR) is 117 cm³/mol. The average Bonchev–Trinajstić information content (AvgIpc) is 3.03. The number of hydrogen-bond acceptors (Lipinski definition) is 5. The molecule has 0 aliphatic carbocycles. The second-order valence-corrected chi connectivity index (χ2v) is 8.26. The van der Waals surface area contributed by atoms with Crippen molar-refractivity contribution in [3.8, 4) is 5.75 Å². The minimum absolute atomic E-state index is 0.103. The highest BCUT2D eigenvalue weighted by Gasteiger charge is 2.13. The van der Waals surface area contributed by atoms with E-state index in [4.69, 9.17) is 27.9 Å². The second-order valence-electron chi connectivity index (χ2n) is 6.48. The summed E-state index contributed by atoms with van der Waals surface area (Å²) in [6, 6.07) is 10.9. The Morgan fingerprint density at radius 2 is 1.97 bits per heavy atom. The molecule has 0 aliphatic rings. The van der Waals surface area contributed by atoms with Crippen molar-refractivity contribution in [2.75, 3.05) is 11.1 Å². The van der Waals surface area contributed by atoms with Crippen LogP contribution in [0.3, 0.4) is 0 Å². The van der Waals surface area contributed by atoms with Gasteiger partial charge in [-0.05, 0) is 37.6 Å². The third-order valence-corrected chi connectivity index (χ3v) is 5.73. The van der Waals surface area contributed by atoms with Crippen molar-refractivity contribution in [2.24, 2.45) is 7.05 Å². The Kier molecular flexibility index (Phi) is 7.05. The van der Waals surface area contributed by atoms with Gasteiger partial charge in [-0.25, -0.2) is 0 Å². The van der Waals surface area contributed by atoms with Gasteiger partial charge in [-0.2, -0.15) is 0 Å². The Bertz CT molecular complexity index is 1040. The summed E-state index contributed by atoms with van der Waals surface area (Å²) in [7, 11) is 1.82. The highest BCUT2D eigenvalue weighted by atomic mass is 35.5. The molecule has 2 aromatic carbocycles. The lowest BCUT2D eigenvalue weighted by atomic mass is 10.1. The number of halogens is 2. The number of aromatic nitrogens is 3. The molecule has 0 atom stereocenters. The molecule has 9 heteroatoms. The molecule has 3 rings (SSSR count). The zero-order valence-electron chi connectivity index (χ0n) is 16.2. The first-order chi connectivity index (χ1) is 13.8. The molecule has 1 amide bonds. The number of rotatable bonds is 7. The van der Waals surface area contributed by atoms with Gasteiger partial charge in [-0.15, -0.1) is 10.2 Å². The molecule has 152 valence electrons. The number of hydrogen-bond donors (Lipinski definition) is 1. The Morgan fingerprint density at radius 1 is 1.17 bits per heavy atom. The molecule has 29 heavy (non-hydrogen) atoms. The molecule has 0 unspecified atom stereocenters. The van der Waals surface area contributed by atoms with E-state index in [1.54, 1.807) is 22.8 Å². The molecule has 0 spiro atoms. The smallest absolute Gasteiger partial charge is 0.234 e. The molecule has 6 nitrogen and oxygen atoms in total. The van der Waals surface area contributed by atoms with Crippen LogP contribution in [-0.4, -0.2) is 26.4 Å². The molecule has 1 N–H and O–H groups in total. The molecule has 0 saturated carbocycles. The summed E-state index contributed by atoms with van der Waals surface area (Å²) in [6.07, 6.45) is 0. The molecule has 1 heterocycles. The lowest BCUT2D eigenvalue weighted by Crippen LogP contribution is -2.15. The van der Waals surface area contributed by atoms with Crippen LogP contribution in [0.4, 0.5) is 5.69 Å². The topological polar surface area (TPSA) is 69.0 Å². The van der Waals surface area contributed by atoms with Crippen molar-refractivity contribution in [3.63, 3.8) is 0 Å². The van der Waals surface area contributed by atoms with E-state index in [1.807, 2.05) is 39.1 Å². The van der Waals surface area contributed by atoms with Gasteiger partial charge in [0.15, 0.2) is 11.0 Å². The number of benzene rings is 2. The summed E-state index contributed by atoms with van der Waals surface area (Å²) in [5.74, 6) is 1.20. The molecule has 0 aliphatic heterocycles. The van der Waals surface area contributed by atoms with Gasteiger partial charge in [-0.1, -0.05) is 52.7 Å². The van der Waals surface area contributed by atoms with Crippen molar-refractivity contribution in [1.29, 1.82) is 0 Å². The van der Waals surface area contributed by atoms with Crippen molar-refractivity contribution >= 4 is 46.6 Å². The normalized spacial score (nSPS) is 10.8. The van der Waals surface area contributed by atoms with Crippen molar-refractivity contribution in [2.45, 2.75) is 25.6 Å². The van der Waals surface area contributed by atoms with Crippen molar-refractivity contribution < 1.29 is 9.53 Å². The number of carbonyl (C=O) groups is 1. The van der Waals surface area contributed by atoms with Crippen molar-refractivity contribution in [3.05, 3.63) is 63.4 Å². The van der Waals surface area contributed by atoms with Crippen LogP contribution in [0.1, 0.15) is 17.0 Å². The Balaban J connectivity index is 1.56. The zero-order chi connectivity index (χ0) is 21.0. The molecule has 0 bridgehead atoms. The maximum atomic E-state index is 12.3. The Morgan fingerprint density at radius 3 is 2.72 bits per heavy atom. The highest BCUT2D eigenvalue weighted by molar-refractivity contribution is 7.99. The van der Waals surface area contributed by atoms with E-state index in [1.165, 1.54) is 11.8 Å². The zero-order valence-corrected chi connectivity index (χ0v) is 18.5. The van der Waals surface area contributed by atoms with Crippen molar-refractivity contribution in [1.82, 2.24) is 14.8 Å². The molecular weight excluding hydrogens is 431 g/mol. The van der Waals surface area contributed by atoms with Crippen LogP contribution < -0.4 is 10.1 Å². The van der Waals surface area contributed by atoms with Gasteiger partial charge in [0.1, 0.15) is 12.4 Å². The van der Waals surface area contributed by atoms with Crippen LogP contribution >= 0.6 is 35.0 Å². The first kappa shape index (κ1) is 21.5. The van der Waals surface area contributed by atoms with Crippen LogP contribution in [0.15, 0.2) is 41.6 Å². The van der Waals surface area contributed by atoms with Gasteiger partial charge in [0.05, 0.1) is 10.8 Å². The van der Waals surface area contributed by atoms with Crippen LogP contribution in [0, 0.1) is 13.8 Å². The van der Waals surface area contributed by atoms with Crippen LogP contribution in [-0.2, 0) is 18.4 Å². The molecule has 0 radical (unpaired) electrons. The fraction of sp³-hybridized carbons (Fsp3) is 0.250. The number of anilines is 1. The van der Waals surface area contributed by atoms with E-state index in [-0.39, 0.29) is 18.3 Å². The average molecular weight is 451 g/mol. The second kappa shape index (κ2) is 9.52. The van der Waals surface area contributed by atoms with E-state index in [9.17, 15) is 4.79 Å². The number of nitrogens with one attached hydrogen (secondary N) is 1. The van der Waals surface area contributed by atoms with E-state index >= 15 is 0 Å². The van der Waals surface area contributed by atoms with Gasteiger partial charge in [0.2, 0.25) is 5.91 Å². The lowest BCUT2D eigenvalue weighted by Gasteiger charge is -2.09. The van der Waals surface area contributed by atoms with E-state index in [0.29, 0.717) is 26.8 Å². The maximum absolute atomic E-state index is 12.3. The van der Waals surface area contributed by atoms with Crippen LogP contribution in [0.2, 0.25) is 10.0 Å². The fourth-order valence-electron chi connectivity index (χ4n) is 2.60. The van der Waals surface area contributed by atoms with E-state index in [2.05, 4.69) is 15.5 Å². The summed E-state index contributed by atoms with van der Waals surface area (Å²) in [5.41, 5.74) is 3.00. The molecular formula is C20H20Cl2N4O2S. The standard InChI is InChI=1S/C20H20Cl2N4O2S/c1-12-4-7-16(13(2)8-12)23-19(27)11-29-20-25-24-18(26(20)3)10-28-17-9-14(21)5-6-15(17)22/h4-9H,10-11H2,1-3H3,(H,23,27). The largest absolute Gasteiger partial charge is 0.484 e. The van der Waals surface area contributed by atoms with Gasteiger partial charge in [0, 0.05) is 23.8 Å². The van der Waals surface area contributed by atoms with E-state index < -0.39 is 0 Å². The first-order valence-corrected chi connectivity index (χ1v) is 10.5. The van der Waals surface area contributed by atoms with Gasteiger partial charge in [0.25, 0.3) is 0 Å². The third kappa shape index (κ3) is 5.65. The number of ether oxygens (including phenoxy) is 1. The maximum Gasteiger partial charge on any atom is 0.234 e. The minimum atomic E-state index is -0.103. The van der Waals surface area contributed by atoms with Gasteiger partial charge >= 0.3 is 0 Å².